The molecular formula is C17H31NO2. The fourth-order valence-corrected chi connectivity index (χ4v) is 4.56. The van der Waals surface area contributed by atoms with Crippen molar-refractivity contribution in [3.63, 3.8) is 0 Å². The Labute approximate surface area is 123 Å². The summed E-state index contributed by atoms with van der Waals surface area (Å²) >= 11 is 0. The predicted molar refractivity (Wildman–Crippen MR) is 80.9 cm³/mol. The highest BCUT2D eigenvalue weighted by Crippen LogP contribution is 2.45. The molecule has 0 bridgehead atoms. The highest BCUT2D eigenvalue weighted by atomic mass is 16.5. The first kappa shape index (κ1) is 14.8. The van der Waals surface area contributed by atoms with Crippen molar-refractivity contribution in [1.82, 2.24) is 5.32 Å². The van der Waals surface area contributed by atoms with Gasteiger partial charge in [-0.1, -0.05) is 12.8 Å². The zero-order valence-corrected chi connectivity index (χ0v) is 13.2. The van der Waals surface area contributed by atoms with E-state index in [1.807, 2.05) is 0 Å². The zero-order chi connectivity index (χ0) is 14.0. The van der Waals surface area contributed by atoms with E-state index >= 15 is 0 Å². The third-order valence-corrected chi connectivity index (χ3v) is 5.69. The number of likely N-dealkylation sites (N-methyl/N-ethyl adjacent to an activating group) is 1. The molecule has 0 aromatic carbocycles. The fraction of sp³-hybridized carbons (Fsp3) is 1.00. The molecule has 20 heavy (non-hydrogen) atoms. The first-order chi connectivity index (χ1) is 9.78. The van der Waals surface area contributed by atoms with Crippen molar-refractivity contribution >= 4 is 0 Å². The van der Waals surface area contributed by atoms with Gasteiger partial charge in [-0.25, -0.2) is 0 Å². The monoisotopic (exact) mass is 281 g/mol. The van der Waals surface area contributed by atoms with Gasteiger partial charge >= 0.3 is 0 Å². The Morgan fingerprint density at radius 2 is 1.95 bits per heavy atom. The molecule has 1 spiro atoms. The minimum atomic E-state index is 0.221. The van der Waals surface area contributed by atoms with Crippen molar-refractivity contribution in [2.75, 3.05) is 20.3 Å². The van der Waals surface area contributed by atoms with E-state index in [0.29, 0.717) is 12.1 Å². The lowest BCUT2D eigenvalue weighted by atomic mass is 9.78. The summed E-state index contributed by atoms with van der Waals surface area (Å²) in [5.41, 5.74) is 0.221. The van der Waals surface area contributed by atoms with Gasteiger partial charge in [-0.2, -0.15) is 0 Å². The molecule has 1 heterocycles. The maximum atomic E-state index is 6.20. The standard InChI is InChI=1S/C17H31NO2/c1-3-19-16(13-6-7-13)15(18-2)14-8-11-20-17(12-14)9-4-5-10-17/h13-16,18H,3-12H2,1-2H3. The summed E-state index contributed by atoms with van der Waals surface area (Å²) in [4.78, 5) is 0. The minimum absolute atomic E-state index is 0.221. The van der Waals surface area contributed by atoms with Gasteiger partial charge in [-0.05, 0) is 64.3 Å². The first-order valence-corrected chi connectivity index (χ1v) is 8.71. The van der Waals surface area contributed by atoms with Crippen LogP contribution in [0, 0.1) is 11.8 Å². The zero-order valence-electron chi connectivity index (χ0n) is 13.2. The molecule has 1 aliphatic heterocycles. The Hall–Kier alpha value is -0.120. The van der Waals surface area contributed by atoms with Crippen molar-refractivity contribution in [3.8, 4) is 0 Å². The third-order valence-electron chi connectivity index (χ3n) is 5.69. The molecule has 3 rings (SSSR count). The van der Waals surface area contributed by atoms with E-state index in [0.717, 1.165) is 25.0 Å². The Morgan fingerprint density at radius 3 is 2.55 bits per heavy atom. The van der Waals surface area contributed by atoms with Crippen LogP contribution in [0.15, 0.2) is 0 Å². The second-order valence-corrected chi connectivity index (χ2v) is 7.06. The fourth-order valence-electron chi connectivity index (χ4n) is 4.56. The summed E-state index contributed by atoms with van der Waals surface area (Å²) in [5, 5.41) is 3.60. The molecule has 116 valence electrons. The Kier molecular flexibility index (Phi) is 4.68. The minimum Gasteiger partial charge on any atom is -0.377 e. The summed E-state index contributed by atoms with van der Waals surface area (Å²) in [6.45, 7) is 3.92. The van der Waals surface area contributed by atoms with Gasteiger partial charge in [0.05, 0.1) is 11.7 Å². The molecule has 0 aromatic heterocycles. The molecule has 3 aliphatic rings. The molecule has 0 radical (unpaired) electrons. The lowest BCUT2D eigenvalue weighted by Gasteiger charge is -2.43. The largest absolute Gasteiger partial charge is 0.377 e. The Balaban J connectivity index is 1.67. The lowest BCUT2D eigenvalue weighted by Crippen LogP contribution is -2.51. The van der Waals surface area contributed by atoms with Crippen LogP contribution in [0.5, 0.6) is 0 Å². The van der Waals surface area contributed by atoms with Crippen molar-refractivity contribution in [3.05, 3.63) is 0 Å². The highest BCUT2D eigenvalue weighted by molar-refractivity contribution is 4.99. The summed E-state index contributed by atoms with van der Waals surface area (Å²) in [7, 11) is 2.12. The lowest BCUT2D eigenvalue weighted by molar-refractivity contribution is -0.109. The SMILES string of the molecule is CCOC(C1CC1)C(NC)C1CCOC2(CCCC2)C1. The topological polar surface area (TPSA) is 30.5 Å². The van der Waals surface area contributed by atoms with Crippen LogP contribution in [0.3, 0.4) is 0 Å². The van der Waals surface area contributed by atoms with Gasteiger partial charge in [-0.15, -0.1) is 0 Å². The molecule has 3 fully saturated rings. The molecule has 0 amide bonds. The molecule has 3 atom stereocenters. The summed E-state index contributed by atoms with van der Waals surface area (Å²) < 4.78 is 12.3. The second kappa shape index (κ2) is 6.33. The molecule has 3 unspecified atom stereocenters. The van der Waals surface area contributed by atoms with E-state index in [1.165, 1.54) is 51.4 Å². The second-order valence-electron chi connectivity index (χ2n) is 7.06. The van der Waals surface area contributed by atoms with E-state index in [9.17, 15) is 0 Å². The quantitative estimate of drug-likeness (QED) is 0.811. The molecule has 3 heteroatoms. The van der Waals surface area contributed by atoms with Gasteiger partial charge in [0.1, 0.15) is 0 Å². The maximum absolute atomic E-state index is 6.20. The van der Waals surface area contributed by atoms with E-state index < -0.39 is 0 Å². The number of nitrogens with one attached hydrogen (secondary N) is 1. The van der Waals surface area contributed by atoms with E-state index in [-0.39, 0.29) is 5.60 Å². The Bertz CT molecular complexity index is 310. The molecule has 3 nitrogen and oxygen atoms in total. The van der Waals surface area contributed by atoms with Crippen LogP contribution < -0.4 is 5.32 Å². The highest BCUT2D eigenvalue weighted by Gasteiger charge is 2.46. The van der Waals surface area contributed by atoms with Crippen LogP contribution in [0.25, 0.3) is 0 Å². The number of hydrogen-bond acceptors (Lipinski definition) is 3. The maximum Gasteiger partial charge on any atom is 0.0758 e. The van der Waals surface area contributed by atoms with Crippen LogP contribution >= 0.6 is 0 Å². The van der Waals surface area contributed by atoms with E-state index in [2.05, 4.69) is 19.3 Å². The van der Waals surface area contributed by atoms with E-state index in [1.54, 1.807) is 0 Å². The Morgan fingerprint density at radius 1 is 1.20 bits per heavy atom. The molecular weight excluding hydrogens is 250 g/mol. The van der Waals surface area contributed by atoms with Crippen molar-refractivity contribution in [2.45, 2.75) is 76.0 Å². The van der Waals surface area contributed by atoms with Crippen LogP contribution in [0.2, 0.25) is 0 Å². The van der Waals surface area contributed by atoms with Gasteiger partial charge in [-0.3, -0.25) is 0 Å². The van der Waals surface area contributed by atoms with Gasteiger partial charge in [0.25, 0.3) is 0 Å². The first-order valence-electron chi connectivity index (χ1n) is 8.71. The van der Waals surface area contributed by atoms with Crippen molar-refractivity contribution in [1.29, 1.82) is 0 Å². The normalized spacial score (nSPS) is 32.4. The summed E-state index contributed by atoms with van der Waals surface area (Å²) in [6, 6.07) is 0.517. The number of ether oxygens (including phenoxy) is 2. The van der Waals surface area contributed by atoms with E-state index in [4.69, 9.17) is 9.47 Å². The van der Waals surface area contributed by atoms with Gasteiger partial charge in [0, 0.05) is 19.3 Å². The summed E-state index contributed by atoms with van der Waals surface area (Å²) in [6.07, 6.45) is 10.9. The molecule has 1 saturated heterocycles. The molecule has 2 aliphatic carbocycles. The van der Waals surface area contributed by atoms with Gasteiger partial charge in [0.15, 0.2) is 0 Å². The van der Waals surface area contributed by atoms with Crippen LogP contribution in [-0.2, 0) is 9.47 Å². The average Bonchev–Trinajstić information content (AvgIpc) is 3.21. The van der Waals surface area contributed by atoms with Crippen LogP contribution in [0.1, 0.15) is 58.3 Å². The predicted octanol–water partition coefficient (Wildman–Crippen LogP) is 3.13. The molecule has 1 N–H and O–H groups in total. The van der Waals surface area contributed by atoms with Gasteiger partial charge in [0.2, 0.25) is 0 Å². The van der Waals surface area contributed by atoms with Crippen LogP contribution in [-0.4, -0.2) is 38.0 Å². The summed E-state index contributed by atoms with van der Waals surface area (Å²) in [5.74, 6) is 1.53. The van der Waals surface area contributed by atoms with Crippen molar-refractivity contribution in [2.24, 2.45) is 11.8 Å². The third kappa shape index (κ3) is 3.05. The number of rotatable bonds is 6. The van der Waals surface area contributed by atoms with Gasteiger partial charge < -0.3 is 14.8 Å². The number of hydrogen-bond donors (Lipinski definition) is 1. The van der Waals surface area contributed by atoms with Crippen LogP contribution in [0.4, 0.5) is 0 Å². The smallest absolute Gasteiger partial charge is 0.0758 e. The van der Waals surface area contributed by atoms with Crippen molar-refractivity contribution < 1.29 is 9.47 Å². The molecule has 0 aromatic rings. The average molecular weight is 281 g/mol. The molecule has 2 saturated carbocycles.